The van der Waals surface area contributed by atoms with E-state index in [1.807, 2.05) is 12.4 Å². The van der Waals surface area contributed by atoms with Gasteiger partial charge in [0.1, 0.15) is 5.82 Å². The van der Waals surface area contributed by atoms with Gasteiger partial charge in [0.2, 0.25) is 0 Å². The normalized spacial score (nSPS) is 27.3. The molecule has 2 rings (SSSR count). The van der Waals surface area contributed by atoms with Crippen LogP contribution in [0.25, 0.3) is 0 Å². The van der Waals surface area contributed by atoms with Gasteiger partial charge in [-0.15, -0.1) is 0 Å². The molecule has 18 heavy (non-hydrogen) atoms. The van der Waals surface area contributed by atoms with E-state index in [0.717, 1.165) is 18.9 Å². The van der Waals surface area contributed by atoms with Crippen molar-refractivity contribution >= 4 is 0 Å². The average molecular weight is 249 g/mol. The number of rotatable bonds is 4. The smallest absolute Gasteiger partial charge is 0.109 e. The highest BCUT2D eigenvalue weighted by Crippen LogP contribution is 2.38. The summed E-state index contributed by atoms with van der Waals surface area (Å²) in [5, 5.41) is 3.72. The lowest BCUT2D eigenvalue weighted by Gasteiger charge is -2.39. The third-order valence-corrected chi connectivity index (χ3v) is 4.37. The summed E-state index contributed by atoms with van der Waals surface area (Å²) >= 11 is 0. The number of hydrogen-bond donors (Lipinski definition) is 1. The van der Waals surface area contributed by atoms with Crippen LogP contribution < -0.4 is 5.32 Å². The fourth-order valence-corrected chi connectivity index (χ4v) is 3.26. The predicted octanol–water partition coefficient (Wildman–Crippen LogP) is 2.77. The number of aromatic nitrogens is 2. The van der Waals surface area contributed by atoms with Crippen LogP contribution in [0.3, 0.4) is 0 Å². The second-order valence-corrected chi connectivity index (χ2v) is 6.65. The Hall–Kier alpha value is -0.830. The van der Waals surface area contributed by atoms with E-state index in [-0.39, 0.29) is 0 Å². The molecule has 0 radical (unpaired) electrons. The molecule has 1 fully saturated rings. The molecule has 1 aliphatic rings. The van der Waals surface area contributed by atoms with Crippen molar-refractivity contribution in [2.75, 3.05) is 6.54 Å². The Bertz CT molecular complexity index is 381. The monoisotopic (exact) mass is 249 g/mol. The summed E-state index contributed by atoms with van der Waals surface area (Å²) in [7, 11) is 2.06. The zero-order valence-electron chi connectivity index (χ0n) is 12.2. The number of aryl methyl sites for hydroxylation is 1. The van der Waals surface area contributed by atoms with E-state index in [9.17, 15) is 0 Å². The van der Waals surface area contributed by atoms with Gasteiger partial charge in [-0.1, -0.05) is 20.8 Å². The van der Waals surface area contributed by atoms with Gasteiger partial charge in [0.15, 0.2) is 0 Å². The number of imidazole rings is 1. The van der Waals surface area contributed by atoms with E-state index in [1.54, 1.807) is 0 Å². The Morgan fingerprint density at radius 1 is 1.50 bits per heavy atom. The number of nitrogens with zero attached hydrogens (tertiary/aromatic N) is 2. The maximum absolute atomic E-state index is 4.36. The minimum Gasteiger partial charge on any atom is -0.338 e. The maximum Gasteiger partial charge on any atom is 0.109 e. The molecule has 102 valence electrons. The van der Waals surface area contributed by atoms with E-state index in [1.165, 1.54) is 25.1 Å². The van der Waals surface area contributed by atoms with Crippen LogP contribution in [0.4, 0.5) is 0 Å². The molecule has 0 amide bonds. The zero-order valence-corrected chi connectivity index (χ0v) is 12.2. The maximum atomic E-state index is 4.36. The van der Waals surface area contributed by atoms with Gasteiger partial charge in [0, 0.05) is 38.4 Å². The predicted molar refractivity (Wildman–Crippen MR) is 75.5 cm³/mol. The van der Waals surface area contributed by atoms with Crippen LogP contribution in [0.5, 0.6) is 0 Å². The number of nitrogens with one attached hydrogen (secondary N) is 1. The van der Waals surface area contributed by atoms with Gasteiger partial charge < -0.3 is 9.88 Å². The standard InChI is InChI=1S/C15H27N3/c1-12-11-15(2,3)7-5-13(12)16-8-6-14-17-9-10-18(14)4/h9-10,12-13,16H,5-8,11H2,1-4H3. The van der Waals surface area contributed by atoms with E-state index in [0.29, 0.717) is 11.5 Å². The molecule has 2 unspecified atom stereocenters. The third kappa shape index (κ3) is 3.35. The van der Waals surface area contributed by atoms with Crippen LogP contribution in [-0.2, 0) is 13.5 Å². The van der Waals surface area contributed by atoms with Crippen molar-refractivity contribution in [1.82, 2.24) is 14.9 Å². The van der Waals surface area contributed by atoms with Crippen LogP contribution in [0.1, 0.15) is 45.9 Å². The topological polar surface area (TPSA) is 29.9 Å². The van der Waals surface area contributed by atoms with E-state index < -0.39 is 0 Å². The van der Waals surface area contributed by atoms with Crippen LogP contribution >= 0.6 is 0 Å². The zero-order chi connectivity index (χ0) is 13.2. The van der Waals surface area contributed by atoms with Gasteiger partial charge in [-0.25, -0.2) is 4.98 Å². The van der Waals surface area contributed by atoms with Crippen LogP contribution in [-0.4, -0.2) is 22.1 Å². The lowest BCUT2D eigenvalue weighted by molar-refractivity contribution is 0.149. The minimum atomic E-state index is 0.539. The summed E-state index contributed by atoms with van der Waals surface area (Å²) in [6, 6.07) is 0.693. The first kappa shape index (κ1) is 13.6. The van der Waals surface area contributed by atoms with Crippen molar-refractivity contribution in [3.63, 3.8) is 0 Å². The van der Waals surface area contributed by atoms with E-state index >= 15 is 0 Å². The highest BCUT2D eigenvalue weighted by atomic mass is 15.0. The molecule has 1 N–H and O–H groups in total. The first-order chi connectivity index (χ1) is 8.48. The largest absolute Gasteiger partial charge is 0.338 e. The summed E-state index contributed by atoms with van der Waals surface area (Å²) in [6.07, 6.45) is 8.91. The Morgan fingerprint density at radius 3 is 2.89 bits per heavy atom. The molecule has 0 aliphatic heterocycles. The molecule has 3 heteroatoms. The lowest BCUT2D eigenvalue weighted by atomic mass is 9.70. The highest BCUT2D eigenvalue weighted by Gasteiger charge is 2.31. The molecular formula is C15H27N3. The molecule has 0 saturated heterocycles. The van der Waals surface area contributed by atoms with Gasteiger partial charge in [0.25, 0.3) is 0 Å². The fourth-order valence-electron chi connectivity index (χ4n) is 3.26. The third-order valence-electron chi connectivity index (χ3n) is 4.37. The second-order valence-electron chi connectivity index (χ2n) is 6.65. The van der Waals surface area contributed by atoms with Gasteiger partial charge in [-0.3, -0.25) is 0 Å². The van der Waals surface area contributed by atoms with Crippen molar-refractivity contribution in [3.05, 3.63) is 18.2 Å². The van der Waals surface area contributed by atoms with Crippen molar-refractivity contribution < 1.29 is 0 Å². The van der Waals surface area contributed by atoms with Gasteiger partial charge in [-0.05, 0) is 30.6 Å². The van der Waals surface area contributed by atoms with Crippen molar-refractivity contribution in [2.24, 2.45) is 18.4 Å². The first-order valence-corrected chi connectivity index (χ1v) is 7.17. The van der Waals surface area contributed by atoms with Crippen LogP contribution in [0.15, 0.2) is 12.4 Å². The van der Waals surface area contributed by atoms with Crippen LogP contribution in [0, 0.1) is 11.3 Å². The summed E-state index contributed by atoms with van der Waals surface area (Å²) in [4.78, 5) is 4.36. The fraction of sp³-hybridized carbons (Fsp3) is 0.800. The highest BCUT2D eigenvalue weighted by molar-refractivity contribution is 4.93. The Balaban J connectivity index is 1.76. The van der Waals surface area contributed by atoms with Gasteiger partial charge >= 0.3 is 0 Å². The number of hydrogen-bond acceptors (Lipinski definition) is 2. The van der Waals surface area contributed by atoms with Crippen molar-refractivity contribution in [2.45, 2.75) is 52.5 Å². The Morgan fingerprint density at radius 2 is 2.28 bits per heavy atom. The summed E-state index contributed by atoms with van der Waals surface area (Å²) in [6.45, 7) is 8.22. The minimum absolute atomic E-state index is 0.539. The SMILES string of the molecule is CC1CC(C)(C)CCC1NCCc1nccn1C. The molecule has 0 aromatic carbocycles. The molecule has 1 aromatic rings. The van der Waals surface area contributed by atoms with E-state index in [4.69, 9.17) is 0 Å². The second kappa shape index (κ2) is 5.43. The molecule has 1 saturated carbocycles. The molecule has 1 heterocycles. The molecular weight excluding hydrogens is 222 g/mol. The van der Waals surface area contributed by atoms with E-state index in [2.05, 4.69) is 42.7 Å². The average Bonchev–Trinajstić information content (AvgIpc) is 2.67. The molecule has 2 atom stereocenters. The first-order valence-electron chi connectivity index (χ1n) is 7.17. The molecule has 0 spiro atoms. The summed E-state index contributed by atoms with van der Waals surface area (Å²) < 4.78 is 2.11. The quantitative estimate of drug-likeness (QED) is 0.889. The Labute approximate surface area is 111 Å². The summed E-state index contributed by atoms with van der Waals surface area (Å²) in [5.41, 5.74) is 0.539. The van der Waals surface area contributed by atoms with Gasteiger partial charge in [-0.2, -0.15) is 0 Å². The van der Waals surface area contributed by atoms with Crippen molar-refractivity contribution in [1.29, 1.82) is 0 Å². The Kier molecular flexibility index (Phi) is 4.10. The molecule has 1 aromatic heterocycles. The molecule has 3 nitrogen and oxygen atoms in total. The van der Waals surface area contributed by atoms with Crippen LogP contribution in [0.2, 0.25) is 0 Å². The summed E-state index contributed by atoms with van der Waals surface area (Å²) in [5.74, 6) is 1.96. The lowest BCUT2D eigenvalue weighted by Crippen LogP contribution is -2.42. The molecule has 1 aliphatic carbocycles. The van der Waals surface area contributed by atoms with Gasteiger partial charge in [0.05, 0.1) is 0 Å². The molecule has 0 bridgehead atoms. The van der Waals surface area contributed by atoms with Crippen molar-refractivity contribution in [3.8, 4) is 0 Å².